The molecule has 2 N–H and O–H groups in total. The molecule has 1 saturated carbocycles. The van der Waals surface area contributed by atoms with Crippen molar-refractivity contribution in [2.75, 3.05) is 39.3 Å². The van der Waals surface area contributed by atoms with E-state index in [-0.39, 0.29) is 42.2 Å². The van der Waals surface area contributed by atoms with Gasteiger partial charge in [-0.15, -0.1) is 24.0 Å². The van der Waals surface area contributed by atoms with E-state index in [1.54, 1.807) is 4.90 Å². The van der Waals surface area contributed by atoms with Gasteiger partial charge in [0.25, 0.3) is 0 Å². The predicted molar refractivity (Wildman–Crippen MR) is 121 cm³/mol. The minimum absolute atomic E-state index is 0. The molecule has 0 aromatic rings. The fraction of sp³-hybridized carbons (Fsp3) is 0.895. The molecule has 1 aliphatic carbocycles. The number of guanidine groups is 1. The van der Waals surface area contributed by atoms with Gasteiger partial charge in [-0.05, 0) is 47.0 Å². The monoisotopic (exact) mass is 549 g/mol. The molecule has 0 aromatic heterocycles. The molecule has 7 nitrogen and oxygen atoms in total. The highest BCUT2D eigenvalue weighted by Gasteiger charge is 2.36. The number of nitrogens with one attached hydrogen (secondary N) is 2. The van der Waals surface area contributed by atoms with Crippen molar-refractivity contribution in [3.8, 4) is 0 Å². The maximum absolute atomic E-state index is 12.6. The van der Waals surface area contributed by atoms with E-state index in [1.165, 1.54) is 4.90 Å². The lowest BCUT2D eigenvalue weighted by Gasteiger charge is -2.27. The van der Waals surface area contributed by atoms with Crippen LogP contribution >= 0.6 is 24.0 Å². The van der Waals surface area contributed by atoms with Crippen molar-refractivity contribution in [3.05, 3.63) is 0 Å². The third-order valence-corrected chi connectivity index (χ3v) is 4.59. The van der Waals surface area contributed by atoms with E-state index < -0.39 is 18.3 Å². The highest BCUT2D eigenvalue weighted by molar-refractivity contribution is 14.0. The number of amides is 1. The highest BCUT2D eigenvalue weighted by atomic mass is 127. The van der Waals surface area contributed by atoms with Gasteiger partial charge >= 0.3 is 12.3 Å². The number of halogens is 4. The zero-order valence-corrected chi connectivity index (χ0v) is 20.5. The summed E-state index contributed by atoms with van der Waals surface area (Å²) in [5.74, 6) is 0.561. The molecule has 30 heavy (non-hydrogen) atoms. The number of ether oxygens (including phenoxy) is 1. The molecule has 1 saturated heterocycles. The van der Waals surface area contributed by atoms with Gasteiger partial charge in [0.2, 0.25) is 0 Å². The van der Waals surface area contributed by atoms with Crippen LogP contribution in [0.1, 0.15) is 47.0 Å². The summed E-state index contributed by atoms with van der Waals surface area (Å²) in [7, 11) is 0. The number of hydrogen-bond donors (Lipinski definition) is 2. The SMILES string of the molecule is CCNC(=NCCN(C(=O)OC(C)(C)C)C1CC1)NC1CCN(CC(F)(F)F)C1.I. The molecule has 2 fully saturated rings. The fourth-order valence-electron chi connectivity index (χ4n) is 3.26. The van der Waals surface area contributed by atoms with Crippen molar-refractivity contribution < 1.29 is 22.7 Å². The Hall–Kier alpha value is -0.980. The number of hydrogen-bond acceptors (Lipinski definition) is 4. The summed E-state index contributed by atoms with van der Waals surface area (Å²) in [6.07, 6.45) is -1.93. The lowest BCUT2D eigenvalue weighted by atomic mass is 10.2. The molecule has 176 valence electrons. The Balaban J connectivity index is 0.00000450. The zero-order valence-electron chi connectivity index (χ0n) is 18.2. The van der Waals surface area contributed by atoms with Gasteiger partial charge in [-0.1, -0.05) is 0 Å². The second-order valence-corrected chi connectivity index (χ2v) is 8.65. The van der Waals surface area contributed by atoms with Gasteiger partial charge in [0.1, 0.15) is 5.60 Å². The molecule has 0 bridgehead atoms. The third kappa shape index (κ3) is 10.4. The maximum atomic E-state index is 12.6. The third-order valence-electron chi connectivity index (χ3n) is 4.59. The first-order valence-corrected chi connectivity index (χ1v) is 10.3. The molecule has 11 heteroatoms. The number of rotatable bonds is 7. The van der Waals surface area contributed by atoms with Gasteiger partial charge in [0.15, 0.2) is 5.96 Å². The van der Waals surface area contributed by atoms with Crippen molar-refractivity contribution >= 4 is 36.0 Å². The van der Waals surface area contributed by atoms with E-state index in [2.05, 4.69) is 15.6 Å². The Morgan fingerprint density at radius 2 is 1.90 bits per heavy atom. The molecule has 1 aliphatic heterocycles. The topological polar surface area (TPSA) is 69.2 Å². The van der Waals surface area contributed by atoms with Crippen LogP contribution < -0.4 is 10.6 Å². The van der Waals surface area contributed by atoms with Gasteiger partial charge in [-0.3, -0.25) is 9.89 Å². The molecule has 2 aliphatic rings. The summed E-state index contributed by atoms with van der Waals surface area (Å²) < 4.78 is 43.1. The van der Waals surface area contributed by atoms with E-state index in [0.717, 1.165) is 12.8 Å². The number of alkyl halides is 3. The Morgan fingerprint density at radius 3 is 2.43 bits per heavy atom. The van der Waals surface area contributed by atoms with Gasteiger partial charge in [0, 0.05) is 38.3 Å². The normalized spacial score (nSPS) is 20.5. The van der Waals surface area contributed by atoms with Crippen molar-refractivity contribution in [2.24, 2.45) is 4.99 Å². The van der Waals surface area contributed by atoms with Crippen LogP contribution in [0.5, 0.6) is 0 Å². The minimum atomic E-state index is -4.18. The summed E-state index contributed by atoms with van der Waals surface area (Å²) in [6.45, 7) is 8.78. The largest absolute Gasteiger partial charge is 0.444 e. The maximum Gasteiger partial charge on any atom is 0.410 e. The summed E-state index contributed by atoms with van der Waals surface area (Å²) in [5, 5.41) is 6.34. The van der Waals surface area contributed by atoms with Crippen molar-refractivity contribution in [2.45, 2.75) is 70.8 Å². The van der Waals surface area contributed by atoms with E-state index in [4.69, 9.17) is 4.74 Å². The highest BCUT2D eigenvalue weighted by Crippen LogP contribution is 2.28. The van der Waals surface area contributed by atoms with Crippen LogP contribution in [-0.4, -0.2) is 85.0 Å². The van der Waals surface area contributed by atoms with Crippen molar-refractivity contribution in [1.29, 1.82) is 0 Å². The number of carbonyl (C=O) groups is 1. The summed E-state index contributed by atoms with van der Waals surface area (Å²) in [6, 6.07) is 0.127. The molecule has 0 spiro atoms. The Labute approximate surface area is 194 Å². The van der Waals surface area contributed by atoms with Crippen LogP contribution in [0, 0.1) is 0 Å². The van der Waals surface area contributed by atoms with Gasteiger partial charge in [-0.2, -0.15) is 13.2 Å². The number of carbonyl (C=O) groups excluding carboxylic acids is 1. The summed E-state index contributed by atoms with van der Waals surface area (Å²) in [4.78, 5) is 20.0. The smallest absolute Gasteiger partial charge is 0.410 e. The van der Waals surface area contributed by atoms with Crippen LogP contribution in [-0.2, 0) is 4.74 Å². The first kappa shape index (κ1) is 27.1. The second-order valence-electron chi connectivity index (χ2n) is 8.65. The summed E-state index contributed by atoms with van der Waals surface area (Å²) in [5.41, 5.74) is -0.547. The van der Waals surface area contributed by atoms with E-state index >= 15 is 0 Å². The minimum Gasteiger partial charge on any atom is -0.444 e. The molecule has 1 amide bonds. The number of aliphatic imine (C=N–C) groups is 1. The predicted octanol–water partition coefficient (Wildman–Crippen LogP) is 3.20. The second kappa shape index (κ2) is 11.6. The number of likely N-dealkylation sites (tertiary alicyclic amines) is 1. The first-order valence-electron chi connectivity index (χ1n) is 10.3. The molecule has 0 aromatic carbocycles. The fourth-order valence-corrected chi connectivity index (χ4v) is 3.26. The van der Waals surface area contributed by atoms with Crippen LogP contribution in [0.15, 0.2) is 4.99 Å². The van der Waals surface area contributed by atoms with Crippen LogP contribution in [0.3, 0.4) is 0 Å². The molecule has 1 unspecified atom stereocenters. The Bertz CT molecular complexity index is 579. The van der Waals surface area contributed by atoms with Crippen LogP contribution in [0.2, 0.25) is 0 Å². The molecule has 0 radical (unpaired) electrons. The average Bonchev–Trinajstić information content (AvgIpc) is 3.30. The van der Waals surface area contributed by atoms with Crippen molar-refractivity contribution in [3.63, 3.8) is 0 Å². The van der Waals surface area contributed by atoms with E-state index in [9.17, 15) is 18.0 Å². The molecule has 1 atom stereocenters. The van der Waals surface area contributed by atoms with Crippen LogP contribution in [0.25, 0.3) is 0 Å². The van der Waals surface area contributed by atoms with Gasteiger partial charge in [0.05, 0.1) is 13.1 Å². The molecule has 1 heterocycles. The zero-order chi connectivity index (χ0) is 21.7. The van der Waals surface area contributed by atoms with E-state index in [0.29, 0.717) is 45.1 Å². The Kier molecular flexibility index (Phi) is 10.4. The molecule has 2 rings (SSSR count). The quantitative estimate of drug-likeness (QED) is 0.290. The van der Waals surface area contributed by atoms with E-state index in [1.807, 2.05) is 27.7 Å². The van der Waals surface area contributed by atoms with Crippen molar-refractivity contribution in [1.82, 2.24) is 20.4 Å². The standard InChI is InChI=1S/C19H34F3N5O2.HI/c1-5-23-16(25-14-8-10-26(12-14)13-19(20,21)22)24-9-11-27(15-6-7-15)17(28)29-18(2,3)4;/h14-15H,5-13H2,1-4H3,(H2,23,24,25);1H. The van der Waals surface area contributed by atoms with Crippen LogP contribution in [0.4, 0.5) is 18.0 Å². The van der Waals surface area contributed by atoms with Gasteiger partial charge < -0.3 is 20.3 Å². The molecular weight excluding hydrogens is 514 g/mol. The first-order chi connectivity index (χ1) is 13.5. The number of nitrogens with zero attached hydrogens (tertiary/aromatic N) is 3. The molecular formula is C19H35F3IN5O2. The Morgan fingerprint density at radius 1 is 1.23 bits per heavy atom. The lowest BCUT2D eigenvalue weighted by molar-refractivity contribution is -0.143. The van der Waals surface area contributed by atoms with Gasteiger partial charge in [-0.25, -0.2) is 4.79 Å². The average molecular weight is 549 g/mol. The summed E-state index contributed by atoms with van der Waals surface area (Å²) >= 11 is 0. The lowest BCUT2D eigenvalue weighted by Crippen LogP contribution is -2.45.